The summed E-state index contributed by atoms with van der Waals surface area (Å²) in [6.07, 6.45) is 0.0215. The van der Waals surface area contributed by atoms with Gasteiger partial charge >= 0.3 is 0 Å². The summed E-state index contributed by atoms with van der Waals surface area (Å²) in [6, 6.07) is 22.2. The van der Waals surface area contributed by atoms with Crippen LogP contribution in [-0.2, 0) is 4.79 Å². The molecule has 7 heteroatoms. The van der Waals surface area contributed by atoms with Gasteiger partial charge < -0.3 is 10.6 Å². The summed E-state index contributed by atoms with van der Waals surface area (Å²) >= 11 is 0. The quantitative estimate of drug-likeness (QED) is 0.394. The third-order valence-corrected chi connectivity index (χ3v) is 4.10. The van der Waals surface area contributed by atoms with Crippen LogP contribution in [-0.4, -0.2) is 17.5 Å². The number of carbonyl (C=O) groups is 2. The summed E-state index contributed by atoms with van der Waals surface area (Å²) < 4.78 is 12.9. The normalized spacial score (nSPS) is 10.9. The molecule has 0 fully saturated rings. The molecule has 3 aromatic rings. The maximum Gasteiger partial charge on any atom is 0.271 e. The number of hydrogen-bond acceptors (Lipinski definition) is 4. The first kappa shape index (κ1) is 20.7. The molecule has 30 heavy (non-hydrogen) atoms. The summed E-state index contributed by atoms with van der Waals surface area (Å²) in [5.41, 5.74) is 5.60. The molecule has 152 valence electrons. The Labute approximate surface area is 173 Å². The topological polar surface area (TPSA) is 82.6 Å². The summed E-state index contributed by atoms with van der Waals surface area (Å²) in [5.74, 6) is -1.15. The van der Waals surface area contributed by atoms with Crippen molar-refractivity contribution < 1.29 is 14.0 Å². The third kappa shape index (κ3) is 6.27. The highest BCUT2D eigenvalue weighted by atomic mass is 19.1. The van der Waals surface area contributed by atoms with Crippen molar-refractivity contribution in [2.24, 2.45) is 5.10 Å². The smallest absolute Gasteiger partial charge is 0.271 e. The van der Waals surface area contributed by atoms with Crippen molar-refractivity contribution in [2.45, 2.75) is 13.3 Å². The van der Waals surface area contributed by atoms with E-state index in [1.807, 2.05) is 42.5 Å². The summed E-state index contributed by atoms with van der Waals surface area (Å²) in [6.45, 7) is 1.64. The largest absolute Gasteiger partial charge is 0.356 e. The molecule has 0 radical (unpaired) electrons. The number of carbonyl (C=O) groups excluding carboxylic acids is 2. The van der Waals surface area contributed by atoms with Crippen LogP contribution < -0.4 is 16.1 Å². The molecular formula is C23H21FN4O2. The molecule has 0 aliphatic rings. The lowest BCUT2D eigenvalue weighted by Gasteiger charge is -2.09. The standard InChI is InChI=1S/C23H21FN4O2/c1-16(27-28-23(30)17-7-9-18(24)10-8-17)15-22(29)26-21-13-11-20(12-14-21)25-19-5-3-2-4-6-19/h2-14,25H,15H2,1H3,(H,26,29)(H,28,30). The number of anilines is 3. The first-order valence-electron chi connectivity index (χ1n) is 9.30. The molecule has 0 aliphatic heterocycles. The number of amides is 2. The van der Waals surface area contributed by atoms with Gasteiger partial charge in [-0.15, -0.1) is 0 Å². The molecule has 6 nitrogen and oxygen atoms in total. The second-order valence-electron chi connectivity index (χ2n) is 6.59. The molecule has 0 saturated carbocycles. The van der Waals surface area contributed by atoms with Crippen LogP contribution >= 0.6 is 0 Å². The van der Waals surface area contributed by atoms with E-state index in [1.54, 1.807) is 19.1 Å². The lowest BCUT2D eigenvalue weighted by molar-refractivity contribution is -0.115. The van der Waals surface area contributed by atoms with E-state index in [0.717, 1.165) is 11.4 Å². The Morgan fingerprint density at radius 3 is 2.10 bits per heavy atom. The molecule has 2 amide bonds. The number of rotatable bonds is 7. The van der Waals surface area contributed by atoms with Gasteiger partial charge in [0, 0.05) is 28.3 Å². The van der Waals surface area contributed by atoms with E-state index in [-0.39, 0.29) is 17.9 Å². The highest BCUT2D eigenvalue weighted by Gasteiger charge is 2.07. The number of para-hydroxylation sites is 1. The first-order valence-corrected chi connectivity index (χ1v) is 9.30. The monoisotopic (exact) mass is 404 g/mol. The van der Waals surface area contributed by atoms with Gasteiger partial charge in [-0.1, -0.05) is 18.2 Å². The zero-order valence-electron chi connectivity index (χ0n) is 16.4. The lowest BCUT2D eigenvalue weighted by atomic mass is 10.2. The SMILES string of the molecule is CC(CC(=O)Nc1ccc(Nc2ccccc2)cc1)=NNC(=O)c1ccc(F)cc1. The van der Waals surface area contributed by atoms with Crippen molar-refractivity contribution in [3.8, 4) is 0 Å². The Bertz CT molecular complexity index is 1030. The van der Waals surface area contributed by atoms with Gasteiger partial charge in [0.25, 0.3) is 5.91 Å². The van der Waals surface area contributed by atoms with Crippen molar-refractivity contribution in [1.82, 2.24) is 5.43 Å². The second-order valence-corrected chi connectivity index (χ2v) is 6.59. The molecule has 0 atom stereocenters. The van der Waals surface area contributed by atoms with Crippen molar-refractivity contribution in [3.05, 3.63) is 90.2 Å². The molecule has 0 saturated heterocycles. The van der Waals surface area contributed by atoms with Crippen molar-refractivity contribution in [2.75, 3.05) is 10.6 Å². The average Bonchev–Trinajstić information content (AvgIpc) is 2.74. The van der Waals surface area contributed by atoms with Crippen LogP contribution in [0, 0.1) is 5.82 Å². The Kier molecular flexibility index (Phi) is 6.89. The van der Waals surface area contributed by atoms with Gasteiger partial charge in [0.2, 0.25) is 5.91 Å². The van der Waals surface area contributed by atoms with E-state index in [2.05, 4.69) is 21.2 Å². The van der Waals surface area contributed by atoms with Gasteiger partial charge in [-0.2, -0.15) is 5.10 Å². The summed E-state index contributed by atoms with van der Waals surface area (Å²) in [4.78, 5) is 24.1. The van der Waals surface area contributed by atoms with Gasteiger partial charge in [-0.05, 0) is 67.6 Å². The van der Waals surface area contributed by atoms with Crippen LogP contribution in [0.1, 0.15) is 23.7 Å². The third-order valence-electron chi connectivity index (χ3n) is 4.10. The van der Waals surface area contributed by atoms with Crippen molar-refractivity contribution >= 4 is 34.6 Å². The fourth-order valence-corrected chi connectivity index (χ4v) is 2.61. The van der Waals surface area contributed by atoms with E-state index < -0.39 is 11.7 Å². The lowest BCUT2D eigenvalue weighted by Crippen LogP contribution is -2.21. The van der Waals surface area contributed by atoms with E-state index in [0.29, 0.717) is 11.4 Å². The van der Waals surface area contributed by atoms with E-state index in [9.17, 15) is 14.0 Å². The Morgan fingerprint density at radius 1 is 0.833 bits per heavy atom. The predicted octanol–water partition coefficient (Wildman–Crippen LogP) is 4.70. The molecule has 3 aromatic carbocycles. The maximum absolute atomic E-state index is 12.9. The summed E-state index contributed by atoms with van der Waals surface area (Å²) in [5, 5.41) is 9.97. The van der Waals surface area contributed by atoms with E-state index in [4.69, 9.17) is 0 Å². The van der Waals surface area contributed by atoms with E-state index >= 15 is 0 Å². The Balaban J connectivity index is 1.48. The van der Waals surface area contributed by atoms with Crippen molar-refractivity contribution in [1.29, 1.82) is 0 Å². The molecule has 0 aliphatic carbocycles. The van der Waals surface area contributed by atoms with Crippen LogP contribution in [0.2, 0.25) is 0 Å². The zero-order chi connectivity index (χ0) is 21.3. The number of halogens is 1. The molecule has 3 N–H and O–H groups in total. The number of benzene rings is 3. The highest BCUT2D eigenvalue weighted by molar-refractivity contribution is 6.06. The molecule has 3 rings (SSSR count). The number of nitrogens with zero attached hydrogens (tertiary/aromatic N) is 1. The van der Waals surface area contributed by atoms with Crippen LogP contribution in [0.3, 0.4) is 0 Å². The fraction of sp³-hybridized carbons (Fsp3) is 0.0870. The minimum absolute atomic E-state index is 0.0215. The Morgan fingerprint density at radius 2 is 1.43 bits per heavy atom. The first-order chi connectivity index (χ1) is 14.5. The van der Waals surface area contributed by atoms with Gasteiger partial charge in [0.05, 0.1) is 6.42 Å². The van der Waals surface area contributed by atoms with Crippen LogP contribution in [0.15, 0.2) is 84.0 Å². The molecule has 0 unspecified atom stereocenters. The van der Waals surface area contributed by atoms with Gasteiger partial charge in [-0.3, -0.25) is 9.59 Å². The highest BCUT2D eigenvalue weighted by Crippen LogP contribution is 2.18. The Hall–Kier alpha value is -4.00. The van der Waals surface area contributed by atoms with Gasteiger partial charge in [0.15, 0.2) is 0 Å². The van der Waals surface area contributed by atoms with Crippen LogP contribution in [0.4, 0.5) is 21.5 Å². The maximum atomic E-state index is 12.9. The molecular weight excluding hydrogens is 383 g/mol. The van der Waals surface area contributed by atoms with Crippen LogP contribution in [0.25, 0.3) is 0 Å². The predicted molar refractivity (Wildman–Crippen MR) is 116 cm³/mol. The minimum Gasteiger partial charge on any atom is -0.356 e. The molecule has 0 heterocycles. The average molecular weight is 404 g/mol. The van der Waals surface area contributed by atoms with E-state index in [1.165, 1.54) is 24.3 Å². The molecule has 0 aromatic heterocycles. The van der Waals surface area contributed by atoms with Crippen LogP contribution in [0.5, 0.6) is 0 Å². The number of hydrazone groups is 1. The molecule has 0 spiro atoms. The fourth-order valence-electron chi connectivity index (χ4n) is 2.61. The zero-order valence-corrected chi connectivity index (χ0v) is 16.4. The minimum atomic E-state index is -0.476. The van der Waals surface area contributed by atoms with Crippen molar-refractivity contribution in [3.63, 3.8) is 0 Å². The number of hydrogen-bond donors (Lipinski definition) is 3. The van der Waals surface area contributed by atoms with Gasteiger partial charge in [0.1, 0.15) is 5.82 Å². The van der Waals surface area contributed by atoms with Gasteiger partial charge in [-0.25, -0.2) is 9.82 Å². The summed E-state index contributed by atoms with van der Waals surface area (Å²) in [7, 11) is 0. The molecule has 0 bridgehead atoms. The number of nitrogens with one attached hydrogen (secondary N) is 3. The second kappa shape index (κ2) is 9.97.